The number of rotatable bonds is 9. The van der Waals surface area contributed by atoms with Gasteiger partial charge in [0.15, 0.2) is 23.9 Å². The van der Waals surface area contributed by atoms with Crippen LogP contribution in [0.15, 0.2) is 39.4 Å². The molecule has 1 aromatic carbocycles. The number of carbonyl (C=O) groups is 1. The molecule has 0 spiro atoms. The summed E-state index contributed by atoms with van der Waals surface area (Å²) in [5, 5.41) is 7.92. The van der Waals surface area contributed by atoms with Crippen molar-refractivity contribution in [2.24, 2.45) is 0 Å². The summed E-state index contributed by atoms with van der Waals surface area (Å²) in [6, 6.07) is 6.36. The van der Waals surface area contributed by atoms with E-state index in [0.717, 1.165) is 12.8 Å². The SMILES string of the molecule is CCCCOc1c(Cl)cc(C(=O)OCc2nnc(-c3ccco3)o2)cc1OC. The van der Waals surface area contributed by atoms with Gasteiger partial charge in [-0.3, -0.25) is 0 Å². The molecule has 0 fully saturated rings. The molecular weight excluding hydrogens is 388 g/mol. The second kappa shape index (κ2) is 9.27. The molecule has 0 radical (unpaired) electrons. The second-order valence-electron chi connectivity index (χ2n) is 5.75. The van der Waals surface area contributed by atoms with Gasteiger partial charge >= 0.3 is 5.97 Å². The molecule has 0 amide bonds. The molecule has 2 aromatic heterocycles. The van der Waals surface area contributed by atoms with Crippen LogP contribution in [-0.4, -0.2) is 29.9 Å². The summed E-state index contributed by atoms with van der Waals surface area (Å²) in [5.41, 5.74) is 0.218. The predicted molar refractivity (Wildman–Crippen MR) is 99.5 cm³/mol. The highest BCUT2D eigenvalue weighted by molar-refractivity contribution is 6.32. The number of halogens is 1. The van der Waals surface area contributed by atoms with Crippen molar-refractivity contribution in [3.63, 3.8) is 0 Å². The molecule has 0 saturated heterocycles. The maximum absolute atomic E-state index is 12.4. The van der Waals surface area contributed by atoms with E-state index in [1.54, 1.807) is 12.1 Å². The van der Waals surface area contributed by atoms with Crippen LogP contribution >= 0.6 is 11.6 Å². The number of nitrogens with zero attached hydrogens (tertiary/aromatic N) is 2. The van der Waals surface area contributed by atoms with E-state index in [0.29, 0.717) is 23.9 Å². The topological polar surface area (TPSA) is 96.8 Å². The van der Waals surface area contributed by atoms with Crippen molar-refractivity contribution in [1.29, 1.82) is 0 Å². The molecule has 0 atom stereocenters. The standard InChI is InChI=1S/C19H19ClN2O6/c1-3-4-7-26-17-13(20)9-12(10-15(17)24-2)19(23)27-11-16-21-22-18(28-16)14-6-5-8-25-14/h5-6,8-10H,3-4,7,11H2,1-2H3. The Hall–Kier alpha value is -3.00. The zero-order valence-electron chi connectivity index (χ0n) is 15.4. The number of hydrogen-bond donors (Lipinski definition) is 0. The fourth-order valence-corrected chi connectivity index (χ4v) is 2.58. The van der Waals surface area contributed by atoms with Gasteiger partial charge in [0.2, 0.25) is 0 Å². The summed E-state index contributed by atoms with van der Waals surface area (Å²) in [6.45, 7) is 2.37. The van der Waals surface area contributed by atoms with Crippen LogP contribution in [0.1, 0.15) is 36.0 Å². The van der Waals surface area contributed by atoms with Gasteiger partial charge < -0.3 is 23.0 Å². The van der Waals surface area contributed by atoms with Crippen LogP contribution in [0.25, 0.3) is 11.7 Å². The third kappa shape index (κ3) is 4.64. The van der Waals surface area contributed by atoms with Crippen LogP contribution in [0.4, 0.5) is 0 Å². The van der Waals surface area contributed by atoms with Crippen LogP contribution in [0.2, 0.25) is 5.02 Å². The van der Waals surface area contributed by atoms with E-state index in [2.05, 4.69) is 17.1 Å². The Morgan fingerprint density at radius 1 is 1.29 bits per heavy atom. The van der Waals surface area contributed by atoms with Gasteiger partial charge in [-0.1, -0.05) is 24.9 Å². The Morgan fingerprint density at radius 2 is 2.14 bits per heavy atom. The van der Waals surface area contributed by atoms with Crippen LogP contribution in [-0.2, 0) is 11.3 Å². The maximum Gasteiger partial charge on any atom is 0.338 e. The number of methoxy groups -OCH3 is 1. The highest BCUT2D eigenvalue weighted by Gasteiger charge is 2.18. The molecule has 2 heterocycles. The van der Waals surface area contributed by atoms with E-state index in [4.69, 9.17) is 34.6 Å². The Bertz CT molecular complexity index is 923. The van der Waals surface area contributed by atoms with Gasteiger partial charge in [0.25, 0.3) is 11.8 Å². The molecule has 148 valence electrons. The third-order valence-electron chi connectivity index (χ3n) is 3.73. The van der Waals surface area contributed by atoms with E-state index < -0.39 is 5.97 Å². The lowest BCUT2D eigenvalue weighted by Gasteiger charge is -2.13. The second-order valence-corrected chi connectivity index (χ2v) is 6.15. The molecule has 0 aliphatic carbocycles. The molecule has 0 aliphatic heterocycles. The number of benzene rings is 1. The molecular formula is C19H19ClN2O6. The zero-order chi connectivity index (χ0) is 19.9. The largest absolute Gasteiger partial charge is 0.493 e. The molecule has 9 heteroatoms. The number of hydrogen-bond acceptors (Lipinski definition) is 8. The minimum atomic E-state index is -0.613. The van der Waals surface area contributed by atoms with Gasteiger partial charge in [0.05, 0.1) is 30.6 Å². The summed E-state index contributed by atoms with van der Waals surface area (Å²) in [5.74, 6) is 0.910. The molecule has 28 heavy (non-hydrogen) atoms. The first-order valence-corrected chi connectivity index (χ1v) is 9.04. The van der Waals surface area contributed by atoms with Crippen molar-refractivity contribution in [1.82, 2.24) is 10.2 Å². The van der Waals surface area contributed by atoms with Crippen LogP contribution < -0.4 is 9.47 Å². The van der Waals surface area contributed by atoms with Crippen molar-refractivity contribution in [3.8, 4) is 23.1 Å². The number of ether oxygens (including phenoxy) is 3. The van der Waals surface area contributed by atoms with Crippen molar-refractivity contribution >= 4 is 17.6 Å². The fourth-order valence-electron chi connectivity index (χ4n) is 2.32. The fraction of sp³-hybridized carbons (Fsp3) is 0.316. The lowest BCUT2D eigenvalue weighted by Crippen LogP contribution is -2.07. The highest BCUT2D eigenvalue weighted by Crippen LogP contribution is 2.36. The number of furan rings is 1. The molecule has 0 unspecified atom stereocenters. The molecule has 3 aromatic rings. The molecule has 8 nitrogen and oxygen atoms in total. The van der Waals surface area contributed by atoms with E-state index >= 15 is 0 Å². The normalized spacial score (nSPS) is 10.7. The van der Waals surface area contributed by atoms with Gasteiger partial charge in [0, 0.05) is 0 Å². The average Bonchev–Trinajstić information content (AvgIpc) is 3.38. The lowest BCUT2D eigenvalue weighted by atomic mass is 10.2. The maximum atomic E-state index is 12.4. The summed E-state index contributed by atoms with van der Waals surface area (Å²) in [4.78, 5) is 12.4. The minimum absolute atomic E-state index is 0.136. The van der Waals surface area contributed by atoms with E-state index in [1.165, 1.54) is 25.5 Å². The van der Waals surface area contributed by atoms with Crippen molar-refractivity contribution in [2.75, 3.05) is 13.7 Å². The van der Waals surface area contributed by atoms with Crippen LogP contribution in [0.5, 0.6) is 11.5 Å². The Kier molecular flexibility index (Phi) is 6.54. The first kappa shape index (κ1) is 19.8. The first-order valence-electron chi connectivity index (χ1n) is 8.66. The Morgan fingerprint density at radius 3 is 2.86 bits per heavy atom. The molecule has 0 aliphatic rings. The average molecular weight is 407 g/mol. The third-order valence-corrected chi connectivity index (χ3v) is 4.02. The lowest BCUT2D eigenvalue weighted by molar-refractivity contribution is 0.0438. The molecule has 3 rings (SSSR count). The monoisotopic (exact) mass is 406 g/mol. The quantitative estimate of drug-likeness (QED) is 0.377. The minimum Gasteiger partial charge on any atom is -0.493 e. The van der Waals surface area contributed by atoms with E-state index in [9.17, 15) is 4.79 Å². The zero-order valence-corrected chi connectivity index (χ0v) is 16.2. The Labute approximate surface area is 166 Å². The number of aromatic nitrogens is 2. The highest BCUT2D eigenvalue weighted by atomic mass is 35.5. The smallest absolute Gasteiger partial charge is 0.338 e. The van der Waals surface area contributed by atoms with Crippen molar-refractivity contribution in [3.05, 3.63) is 47.0 Å². The van der Waals surface area contributed by atoms with Crippen molar-refractivity contribution < 1.29 is 27.8 Å². The molecule has 0 bridgehead atoms. The van der Waals surface area contributed by atoms with Gasteiger partial charge in [-0.25, -0.2) is 4.79 Å². The van der Waals surface area contributed by atoms with Crippen LogP contribution in [0, 0.1) is 0 Å². The van der Waals surface area contributed by atoms with E-state index in [1.807, 2.05) is 0 Å². The van der Waals surface area contributed by atoms with E-state index in [-0.39, 0.29) is 29.0 Å². The predicted octanol–water partition coefficient (Wildman–Crippen LogP) is 4.53. The number of unbranched alkanes of at least 4 members (excludes halogenated alkanes) is 1. The van der Waals surface area contributed by atoms with Gasteiger partial charge in [-0.2, -0.15) is 0 Å². The number of carbonyl (C=O) groups excluding carboxylic acids is 1. The first-order chi connectivity index (χ1) is 13.6. The van der Waals surface area contributed by atoms with Gasteiger partial charge in [-0.15, -0.1) is 10.2 Å². The molecule has 0 saturated carbocycles. The Balaban J connectivity index is 1.66. The summed E-state index contributed by atoms with van der Waals surface area (Å²) in [7, 11) is 1.47. The van der Waals surface area contributed by atoms with Gasteiger partial charge in [-0.05, 0) is 30.7 Å². The number of esters is 1. The molecule has 0 N–H and O–H groups in total. The van der Waals surface area contributed by atoms with Gasteiger partial charge in [0.1, 0.15) is 0 Å². The van der Waals surface area contributed by atoms with Crippen LogP contribution in [0.3, 0.4) is 0 Å². The van der Waals surface area contributed by atoms with Crippen molar-refractivity contribution in [2.45, 2.75) is 26.4 Å². The summed E-state index contributed by atoms with van der Waals surface area (Å²) in [6.07, 6.45) is 3.36. The summed E-state index contributed by atoms with van der Waals surface area (Å²) < 4.78 is 26.7. The summed E-state index contributed by atoms with van der Waals surface area (Å²) >= 11 is 6.25.